The normalized spacial score (nSPS) is 29.9. The number of nitrogens with one attached hydrogen (secondary N) is 3. The number of rotatable bonds is 8. The zero-order valence-corrected chi connectivity index (χ0v) is 20.4. The molecule has 4 saturated carbocycles. The van der Waals surface area contributed by atoms with Crippen molar-refractivity contribution >= 4 is 22.9 Å². The first-order chi connectivity index (χ1) is 16.5. The van der Waals surface area contributed by atoms with Crippen LogP contribution < -0.4 is 14.8 Å². The molecule has 3 N–H and O–H groups in total. The highest BCUT2D eigenvalue weighted by atomic mass is 16.2. The lowest BCUT2D eigenvalue weighted by molar-refractivity contribution is -0.913. The standard InChI is InChI=1S/C26H35N7O/c1-3-31(4-2)9-10-32-22-8-6-5-7-21(22)29-24(32)30-23(34)25-12-19-11-20(13-25)15-26(14-19,16-25)33-18-27-17-28-33/h5-8,17-20H,3-4,9-16H2,1-2H3,(H,29,30,34)/p+2. The number of amides is 1. The zero-order chi connectivity index (χ0) is 23.3. The largest absolute Gasteiger partial charge is 0.363 e. The molecule has 3 aromatic rings. The fourth-order valence-corrected chi connectivity index (χ4v) is 7.78. The first kappa shape index (κ1) is 21.8. The van der Waals surface area contributed by atoms with Gasteiger partial charge in [0.05, 0.1) is 24.0 Å². The van der Waals surface area contributed by atoms with Crippen molar-refractivity contribution in [1.82, 2.24) is 19.7 Å². The molecule has 4 aliphatic rings. The molecule has 7 rings (SSSR count). The number of carbonyl (C=O) groups excluding carboxylic acids is 1. The fourth-order valence-electron chi connectivity index (χ4n) is 7.78. The Morgan fingerprint density at radius 3 is 2.68 bits per heavy atom. The Bertz CT molecular complexity index is 1170. The van der Waals surface area contributed by atoms with Crippen LogP contribution >= 0.6 is 0 Å². The van der Waals surface area contributed by atoms with Gasteiger partial charge in [0.15, 0.2) is 0 Å². The molecule has 4 fully saturated rings. The molecule has 180 valence electrons. The molecule has 1 amide bonds. The highest BCUT2D eigenvalue weighted by Gasteiger charge is 2.62. The summed E-state index contributed by atoms with van der Waals surface area (Å²) in [4.78, 5) is 23.4. The summed E-state index contributed by atoms with van der Waals surface area (Å²) in [5.74, 6) is 2.19. The SMILES string of the molecule is CC[NH+](CC)CC[n+]1c(NC(=O)C23CC4CC(C2)CC(n2cncn2)(C4)C3)[nH]c2ccccc21. The Labute approximate surface area is 200 Å². The van der Waals surface area contributed by atoms with Crippen LogP contribution in [0.1, 0.15) is 52.4 Å². The number of anilines is 1. The Hall–Kier alpha value is -2.74. The summed E-state index contributed by atoms with van der Waals surface area (Å²) in [6.07, 6.45) is 9.86. The Morgan fingerprint density at radius 1 is 1.21 bits per heavy atom. The summed E-state index contributed by atoms with van der Waals surface area (Å²) in [6.45, 7) is 8.60. The minimum atomic E-state index is -0.324. The summed E-state index contributed by atoms with van der Waals surface area (Å²) >= 11 is 0. The van der Waals surface area contributed by atoms with E-state index >= 15 is 0 Å². The van der Waals surface area contributed by atoms with Crippen molar-refractivity contribution in [3.05, 3.63) is 36.9 Å². The number of benzene rings is 1. The molecule has 0 saturated heterocycles. The predicted molar refractivity (Wildman–Crippen MR) is 129 cm³/mol. The number of hydrogen-bond acceptors (Lipinski definition) is 3. The molecule has 1 aromatic carbocycles. The summed E-state index contributed by atoms with van der Waals surface area (Å²) < 4.78 is 4.34. The van der Waals surface area contributed by atoms with Crippen molar-refractivity contribution in [2.75, 3.05) is 25.0 Å². The van der Waals surface area contributed by atoms with Gasteiger partial charge in [0, 0.05) is 0 Å². The van der Waals surface area contributed by atoms with Gasteiger partial charge >= 0.3 is 5.95 Å². The van der Waals surface area contributed by atoms with Crippen LogP contribution in [0.3, 0.4) is 0 Å². The van der Waals surface area contributed by atoms with Gasteiger partial charge in [-0.1, -0.05) is 12.1 Å². The van der Waals surface area contributed by atoms with Crippen molar-refractivity contribution < 1.29 is 14.3 Å². The van der Waals surface area contributed by atoms with E-state index in [1.165, 1.54) is 6.42 Å². The second-order valence-corrected chi connectivity index (χ2v) is 11.1. The minimum Gasteiger partial charge on any atom is -0.333 e. The summed E-state index contributed by atoms with van der Waals surface area (Å²) in [5.41, 5.74) is 1.83. The fraction of sp³-hybridized carbons (Fsp3) is 0.615. The number of para-hydroxylation sites is 2. The molecule has 0 spiro atoms. The number of aromatic nitrogens is 5. The topological polar surface area (TPSA) is 83.9 Å². The van der Waals surface area contributed by atoms with Crippen LogP contribution in [0.4, 0.5) is 5.95 Å². The lowest BCUT2D eigenvalue weighted by Gasteiger charge is -2.60. The van der Waals surface area contributed by atoms with Crippen molar-refractivity contribution in [2.45, 2.75) is 64.5 Å². The smallest absolute Gasteiger partial charge is 0.333 e. The minimum absolute atomic E-state index is 0.0551. The Balaban J connectivity index is 1.30. The number of quaternary nitrogens is 1. The van der Waals surface area contributed by atoms with Gasteiger partial charge in [-0.3, -0.25) is 4.79 Å². The molecule has 8 nitrogen and oxygen atoms in total. The van der Waals surface area contributed by atoms with Crippen LogP contribution in [-0.2, 0) is 16.9 Å². The predicted octanol–water partition coefficient (Wildman–Crippen LogP) is 1.91. The second kappa shape index (κ2) is 8.18. The monoisotopic (exact) mass is 463 g/mol. The van der Waals surface area contributed by atoms with Crippen LogP contribution in [0.2, 0.25) is 0 Å². The van der Waals surface area contributed by atoms with Gasteiger partial charge in [0.2, 0.25) is 0 Å². The third-order valence-electron chi connectivity index (χ3n) is 9.06. The van der Waals surface area contributed by atoms with E-state index in [1.807, 2.05) is 12.4 Å². The van der Waals surface area contributed by atoms with Gasteiger partial charge < -0.3 is 4.90 Å². The maximum absolute atomic E-state index is 14.1. The molecular formula is C26H37N7O+2. The summed E-state index contributed by atoms with van der Waals surface area (Å²) in [7, 11) is 0. The third kappa shape index (κ3) is 3.45. The summed E-state index contributed by atoms with van der Waals surface area (Å²) in [6, 6.07) is 8.36. The number of nitrogens with zero attached hydrogens (tertiary/aromatic N) is 4. The van der Waals surface area contributed by atoms with Gasteiger partial charge in [0.1, 0.15) is 36.8 Å². The van der Waals surface area contributed by atoms with Crippen molar-refractivity contribution in [1.29, 1.82) is 0 Å². The van der Waals surface area contributed by atoms with E-state index in [2.05, 4.69) is 61.7 Å². The van der Waals surface area contributed by atoms with Crippen LogP contribution in [0.25, 0.3) is 11.0 Å². The molecule has 2 unspecified atom stereocenters. The quantitative estimate of drug-likeness (QED) is 0.446. The van der Waals surface area contributed by atoms with E-state index in [9.17, 15) is 4.79 Å². The molecule has 8 heteroatoms. The molecular weight excluding hydrogens is 426 g/mol. The van der Waals surface area contributed by atoms with E-state index in [1.54, 1.807) is 11.2 Å². The lowest BCUT2D eigenvalue weighted by Crippen LogP contribution is -3.12. The van der Waals surface area contributed by atoms with Gasteiger partial charge in [0.25, 0.3) is 5.91 Å². The first-order valence-corrected chi connectivity index (χ1v) is 13.0. The number of aromatic amines is 1. The average molecular weight is 464 g/mol. The average Bonchev–Trinajstić information content (AvgIpc) is 3.48. The van der Waals surface area contributed by atoms with Gasteiger partial charge in [-0.15, -0.1) is 0 Å². The van der Waals surface area contributed by atoms with Crippen molar-refractivity contribution in [2.24, 2.45) is 17.3 Å². The highest BCUT2D eigenvalue weighted by Crippen LogP contribution is 2.64. The number of likely N-dealkylation sites (N-methyl/N-ethyl adjacent to an activating group) is 1. The van der Waals surface area contributed by atoms with Gasteiger partial charge in [-0.05, 0) is 76.3 Å². The molecule has 4 aliphatic carbocycles. The zero-order valence-electron chi connectivity index (χ0n) is 20.4. The van der Waals surface area contributed by atoms with E-state index in [0.29, 0.717) is 11.8 Å². The van der Waals surface area contributed by atoms with Gasteiger partial charge in [-0.2, -0.15) is 5.10 Å². The van der Waals surface area contributed by atoms with E-state index < -0.39 is 0 Å². The van der Waals surface area contributed by atoms with Crippen LogP contribution in [0.15, 0.2) is 36.9 Å². The summed E-state index contributed by atoms with van der Waals surface area (Å²) in [5, 5.41) is 7.93. The van der Waals surface area contributed by atoms with Crippen LogP contribution in [0, 0.1) is 17.3 Å². The first-order valence-electron chi connectivity index (χ1n) is 13.0. The number of carbonyl (C=O) groups is 1. The molecule has 2 heterocycles. The van der Waals surface area contributed by atoms with Crippen molar-refractivity contribution in [3.63, 3.8) is 0 Å². The van der Waals surface area contributed by atoms with Crippen LogP contribution in [0.5, 0.6) is 0 Å². The molecule has 2 atom stereocenters. The molecule has 4 bridgehead atoms. The maximum atomic E-state index is 14.1. The third-order valence-corrected chi connectivity index (χ3v) is 9.06. The lowest BCUT2D eigenvalue weighted by atomic mass is 9.46. The number of fused-ring (bicyclic) bond motifs is 1. The molecule has 0 aliphatic heterocycles. The van der Waals surface area contributed by atoms with Crippen molar-refractivity contribution in [3.8, 4) is 0 Å². The maximum Gasteiger partial charge on any atom is 0.363 e. The molecule has 34 heavy (non-hydrogen) atoms. The number of imidazole rings is 1. The number of H-pyrrole nitrogens is 1. The molecule has 2 aromatic heterocycles. The number of hydrogen-bond donors (Lipinski definition) is 3. The van der Waals surface area contributed by atoms with Crippen LogP contribution in [-0.4, -0.2) is 45.3 Å². The Morgan fingerprint density at radius 2 is 1.97 bits per heavy atom. The second-order valence-electron chi connectivity index (χ2n) is 11.1. The van der Waals surface area contributed by atoms with E-state index in [4.69, 9.17) is 0 Å². The highest BCUT2D eigenvalue weighted by molar-refractivity contribution is 5.94. The van der Waals surface area contributed by atoms with Gasteiger partial charge in [-0.25, -0.2) is 24.5 Å². The Kier molecular flexibility index (Phi) is 5.24. The van der Waals surface area contributed by atoms with E-state index in [0.717, 1.165) is 75.3 Å². The molecule has 0 radical (unpaired) electrons. The van der Waals surface area contributed by atoms with E-state index in [-0.39, 0.29) is 16.9 Å².